The Morgan fingerprint density at radius 1 is 0.656 bits per heavy atom. The molecule has 8 heteroatoms. The van der Waals surface area contributed by atoms with E-state index in [1.54, 1.807) is 25.1 Å². The van der Waals surface area contributed by atoms with Crippen LogP contribution in [0.15, 0.2) is 104 Å². The maximum Gasteiger partial charge on any atom is 0.336 e. The van der Waals surface area contributed by atoms with Gasteiger partial charge in [-0.1, -0.05) is 91.1 Å². The van der Waals surface area contributed by atoms with Crippen molar-refractivity contribution in [2.75, 3.05) is 19.8 Å². The van der Waals surface area contributed by atoms with Crippen LogP contribution in [-0.4, -0.2) is 48.6 Å². The van der Waals surface area contributed by atoms with Gasteiger partial charge in [0.15, 0.2) is 0 Å². The number of benzene rings is 1. The lowest BCUT2D eigenvalue weighted by atomic mass is 10.0. The fraction of sp³-hybridized carbons (Fsp3) is 0.585. The van der Waals surface area contributed by atoms with Crippen molar-refractivity contribution in [2.45, 2.75) is 168 Å². The van der Waals surface area contributed by atoms with Crippen molar-refractivity contribution in [3.05, 3.63) is 105 Å². The van der Waals surface area contributed by atoms with Crippen molar-refractivity contribution in [1.82, 2.24) is 0 Å². The first-order chi connectivity index (χ1) is 28.8. The molecule has 8 nitrogen and oxygen atoms in total. The molecule has 0 aliphatic carbocycles. The maximum absolute atomic E-state index is 10.7. The minimum Gasteiger partial charge on any atom is -0.466 e. The first-order valence-corrected chi connectivity index (χ1v) is 22.2. The summed E-state index contributed by atoms with van der Waals surface area (Å²) in [5.41, 5.74) is 6.95. The second kappa shape index (κ2) is 45.4. The van der Waals surface area contributed by atoms with Crippen LogP contribution in [0.3, 0.4) is 0 Å². The zero-order valence-electron chi connectivity index (χ0n) is 41.0. The fourth-order valence-electron chi connectivity index (χ4n) is 4.96. The van der Waals surface area contributed by atoms with Gasteiger partial charge in [-0.3, -0.25) is 9.59 Å². The summed E-state index contributed by atoms with van der Waals surface area (Å²) in [5, 5.41) is 17.2. The van der Waals surface area contributed by atoms with Crippen LogP contribution in [0.5, 0.6) is 0 Å². The molecule has 0 aliphatic rings. The van der Waals surface area contributed by atoms with Crippen molar-refractivity contribution < 1.29 is 33.8 Å². The molecule has 1 heterocycles. The number of ether oxygens (including phenoxy) is 1. The molecule has 0 aliphatic heterocycles. The summed E-state index contributed by atoms with van der Waals surface area (Å²) < 4.78 is 9.79. The molecular weight excluding hydrogens is 765 g/mol. The number of allylic oxidation sites excluding steroid dienone is 10. The average Bonchev–Trinajstić information content (AvgIpc) is 3.16. The van der Waals surface area contributed by atoms with Gasteiger partial charge < -0.3 is 24.2 Å². The van der Waals surface area contributed by atoms with E-state index in [0.29, 0.717) is 43.0 Å². The summed E-state index contributed by atoms with van der Waals surface area (Å²) in [6, 6.07) is 10.6. The first-order valence-electron chi connectivity index (χ1n) is 22.2. The molecule has 3 atom stereocenters. The second-order valence-corrected chi connectivity index (χ2v) is 16.5. The number of fused-ring (bicyclic) bond motifs is 1. The Morgan fingerprint density at radius 2 is 1.11 bits per heavy atom. The maximum atomic E-state index is 10.7. The van der Waals surface area contributed by atoms with Crippen LogP contribution in [0.4, 0.5) is 0 Å². The van der Waals surface area contributed by atoms with Gasteiger partial charge in [0.05, 0.1) is 6.61 Å². The van der Waals surface area contributed by atoms with E-state index in [1.807, 2.05) is 25.1 Å². The van der Waals surface area contributed by atoms with Gasteiger partial charge in [0.1, 0.15) is 18.2 Å². The number of aliphatic hydroxyl groups excluding tert-OH is 2. The van der Waals surface area contributed by atoms with Gasteiger partial charge in [-0.05, 0) is 169 Å². The summed E-state index contributed by atoms with van der Waals surface area (Å²) in [5.74, 6) is 1.66. The number of hydrogen-bond donors (Lipinski definition) is 2. The number of aliphatic hydroxyl groups is 2. The summed E-state index contributed by atoms with van der Waals surface area (Å²) in [7, 11) is 0. The lowest BCUT2D eigenvalue weighted by molar-refractivity contribution is -0.141. The average molecular weight is 853 g/mol. The number of carbonyl (C=O) groups excluding carboxylic acids is 3. The molecule has 2 rings (SSSR count). The summed E-state index contributed by atoms with van der Waals surface area (Å²) in [6.45, 7) is 29.6. The van der Waals surface area contributed by atoms with Gasteiger partial charge in [-0.25, -0.2) is 4.79 Å². The molecule has 61 heavy (non-hydrogen) atoms. The lowest BCUT2D eigenvalue weighted by Crippen LogP contribution is -2.05. The third-order valence-corrected chi connectivity index (χ3v) is 8.64. The Hall–Kier alpha value is -4.14. The fourth-order valence-corrected chi connectivity index (χ4v) is 4.96. The second-order valence-electron chi connectivity index (χ2n) is 16.5. The Bertz CT molecular complexity index is 1570. The molecule has 0 bridgehead atoms. The minimum absolute atomic E-state index is 0.179. The number of para-hydroxylation sites is 1. The summed E-state index contributed by atoms with van der Waals surface area (Å²) in [6.07, 6.45) is 23.9. The van der Waals surface area contributed by atoms with Gasteiger partial charge >= 0.3 is 11.6 Å². The van der Waals surface area contributed by atoms with E-state index >= 15 is 0 Å². The predicted molar refractivity (Wildman–Crippen MR) is 261 cm³/mol. The predicted octanol–water partition coefficient (Wildman–Crippen LogP) is 13.7. The molecule has 0 spiro atoms. The van der Waals surface area contributed by atoms with E-state index in [4.69, 9.17) is 19.4 Å². The third kappa shape index (κ3) is 53.8. The molecule has 2 N–H and O–H groups in total. The van der Waals surface area contributed by atoms with E-state index in [2.05, 4.69) is 100 Å². The van der Waals surface area contributed by atoms with Gasteiger partial charge in [-0.15, -0.1) is 0 Å². The highest BCUT2D eigenvalue weighted by molar-refractivity contribution is 5.75. The number of carbonyl (C=O) groups is 3. The highest BCUT2D eigenvalue weighted by atomic mass is 16.5. The quantitative estimate of drug-likeness (QED) is 0.0443. The Kier molecular flexibility index (Phi) is 47.2. The van der Waals surface area contributed by atoms with Crippen LogP contribution in [-0.2, 0) is 19.1 Å². The summed E-state index contributed by atoms with van der Waals surface area (Å²) in [4.78, 5) is 41.3. The third-order valence-electron chi connectivity index (χ3n) is 8.64. The van der Waals surface area contributed by atoms with Crippen molar-refractivity contribution in [2.24, 2.45) is 17.8 Å². The van der Waals surface area contributed by atoms with Crippen LogP contribution < -0.4 is 5.63 Å². The molecule has 3 unspecified atom stereocenters. The Balaban J connectivity index is -0.000000328. The number of esters is 1. The van der Waals surface area contributed by atoms with Crippen molar-refractivity contribution in [3.63, 3.8) is 0 Å². The minimum atomic E-state index is -0.302. The molecule has 348 valence electrons. The molecule has 0 radical (unpaired) electrons. The van der Waals surface area contributed by atoms with E-state index < -0.39 is 0 Å². The normalized spacial score (nSPS) is 11.4. The van der Waals surface area contributed by atoms with E-state index in [-0.39, 0.29) is 18.2 Å². The molecule has 0 saturated carbocycles. The molecule has 1 aromatic heterocycles. The number of hydrogen-bond acceptors (Lipinski definition) is 8. The summed E-state index contributed by atoms with van der Waals surface area (Å²) >= 11 is 0. The standard InChI is InChI=1S/C12H22O2.C10H20O.C10H18O.C10H16O.C9H6O2.C2H6O/c1-10(2)6-5-7-11(3)8-9-14-12(4)13;3*1-9(2)5-4-6-10(3)7-8-11;10-9-6-5-7-3-1-2-4-8(7)11-9;1-2-3/h6,11H,5,7-9H2,1-4H3;5,10-11H,4,6-8H2,1-3H3;5,8,10H,4,6-7H2,1-3H3;5,7-8H,4,6H2,1-3H3;1-6H;3H,2H2,1H3/b;;;10-7-;;. The van der Waals surface area contributed by atoms with Crippen molar-refractivity contribution >= 4 is 29.5 Å². The van der Waals surface area contributed by atoms with Crippen molar-refractivity contribution in [3.8, 4) is 0 Å². The monoisotopic (exact) mass is 853 g/mol. The van der Waals surface area contributed by atoms with Crippen LogP contribution in [0.25, 0.3) is 11.0 Å². The van der Waals surface area contributed by atoms with Gasteiger partial charge in [0.25, 0.3) is 0 Å². The zero-order valence-corrected chi connectivity index (χ0v) is 41.0. The van der Waals surface area contributed by atoms with Crippen LogP contribution >= 0.6 is 0 Å². The topological polar surface area (TPSA) is 131 Å². The van der Waals surface area contributed by atoms with E-state index in [9.17, 15) is 19.2 Å². The highest BCUT2D eigenvalue weighted by Crippen LogP contribution is 2.13. The van der Waals surface area contributed by atoms with Crippen LogP contribution in [0, 0.1) is 17.8 Å². The molecule has 1 aromatic carbocycles. The van der Waals surface area contributed by atoms with Crippen LogP contribution in [0.2, 0.25) is 0 Å². The Morgan fingerprint density at radius 3 is 1.56 bits per heavy atom. The largest absolute Gasteiger partial charge is 0.466 e. The molecule has 2 aromatic rings. The first kappa shape index (κ1) is 63.5. The highest BCUT2D eigenvalue weighted by Gasteiger charge is 2.02. The van der Waals surface area contributed by atoms with Gasteiger partial charge in [0.2, 0.25) is 0 Å². The van der Waals surface area contributed by atoms with E-state index in [1.165, 1.54) is 48.1 Å². The van der Waals surface area contributed by atoms with Crippen molar-refractivity contribution in [1.29, 1.82) is 0 Å². The lowest BCUT2D eigenvalue weighted by Gasteiger charge is -2.09. The zero-order chi connectivity index (χ0) is 47.4. The number of aldehydes is 2. The van der Waals surface area contributed by atoms with Gasteiger partial charge in [0, 0.05) is 38.0 Å². The molecule has 0 fully saturated rings. The molecule has 0 amide bonds. The van der Waals surface area contributed by atoms with Gasteiger partial charge in [-0.2, -0.15) is 0 Å². The molecule has 0 saturated heterocycles. The van der Waals surface area contributed by atoms with E-state index in [0.717, 1.165) is 74.9 Å². The SMILES string of the molecule is CC(=O)OCCC(C)CCC=C(C)C.CC(C)=CCC/C(C)=C\C=O.CC(C)=CCCC(C)CC=O.CC(C)=CCCC(C)CCO.CCO.O=c1ccc2ccccc2o1. The smallest absolute Gasteiger partial charge is 0.336 e. The number of rotatable bonds is 20. The Labute approximate surface area is 372 Å². The molecular formula is C53H88O8. The van der Waals surface area contributed by atoms with Crippen LogP contribution in [0.1, 0.15) is 168 Å².